The van der Waals surface area contributed by atoms with Crippen molar-refractivity contribution in [3.05, 3.63) is 56.2 Å². The van der Waals surface area contributed by atoms with Crippen molar-refractivity contribution in [1.82, 2.24) is 9.97 Å². The fourth-order valence-electron chi connectivity index (χ4n) is 1.69. The average molecular weight is 247 g/mol. The molecule has 1 heterocycles. The van der Waals surface area contributed by atoms with E-state index in [1.165, 1.54) is 7.11 Å². The highest BCUT2D eigenvalue weighted by Gasteiger charge is 2.07. The lowest BCUT2D eigenvalue weighted by molar-refractivity contribution is -0.276. The second-order valence-corrected chi connectivity index (χ2v) is 3.70. The summed E-state index contributed by atoms with van der Waals surface area (Å²) in [7, 11) is 1.51. The summed E-state index contributed by atoms with van der Waals surface area (Å²) in [5, 5.41) is 11.5. The second-order valence-electron chi connectivity index (χ2n) is 3.70. The summed E-state index contributed by atoms with van der Waals surface area (Å²) in [5.41, 5.74) is -0.780. The number of para-hydroxylation sites is 1. The molecule has 0 unspecified atom stereocenters. The fourth-order valence-corrected chi connectivity index (χ4v) is 1.69. The van der Waals surface area contributed by atoms with E-state index in [9.17, 15) is 14.7 Å². The first-order valence-corrected chi connectivity index (χ1v) is 5.26. The van der Waals surface area contributed by atoms with Crippen LogP contribution in [-0.4, -0.2) is 17.1 Å². The van der Waals surface area contributed by atoms with Crippen LogP contribution >= 0.6 is 0 Å². The van der Waals surface area contributed by atoms with Gasteiger partial charge in [0.1, 0.15) is 5.75 Å². The predicted octanol–water partition coefficient (Wildman–Crippen LogP) is -0.264. The van der Waals surface area contributed by atoms with E-state index in [4.69, 9.17) is 4.74 Å². The highest BCUT2D eigenvalue weighted by molar-refractivity contribution is 5.38. The number of methoxy groups -OCH3 is 1. The van der Waals surface area contributed by atoms with Gasteiger partial charge in [0.2, 0.25) is 0 Å². The Morgan fingerprint density at radius 3 is 2.61 bits per heavy atom. The largest absolute Gasteiger partial charge is 0.860 e. The zero-order chi connectivity index (χ0) is 13.1. The highest BCUT2D eigenvalue weighted by Crippen LogP contribution is 2.20. The molecule has 0 bridgehead atoms. The van der Waals surface area contributed by atoms with Crippen molar-refractivity contribution in [3.8, 4) is 11.6 Å². The van der Waals surface area contributed by atoms with Crippen LogP contribution in [0.25, 0.3) is 0 Å². The molecule has 0 aliphatic carbocycles. The molecule has 1 aromatic heterocycles. The Morgan fingerprint density at radius 2 is 1.94 bits per heavy atom. The zero-order valence-corrected chi connectivity index (χ0v) is 9.65. The monoisotopic (exact) mass is 247 g/mol. The summed E-state index contributed by atoms with van der Waals surface area (Å²) in [6.45, 7) is 0. The number of H-pyrrole nitrogens is 2. The minimum atomic E-state index is -0.797. The van der Waals surface area contributed by atoms with Crippen molar-refractivity contribution >= 4 is 0 Å². The zero-order valence-electron chi connectivity index (χ0n) is 9.65. The summed E-state index contributed by atoms with van der Waals surface area (Å²) >= 11 is 0. The van der Waals surface area contributed by atoms with E-state index in [1.807, 2.05) is 9.97 Å². The highest BCUT2D eigenvalue weighted by atomic mass is 16.5. The van der Waals surface area contributed by atoms with E-state index in [0.29, 0.717) is 11.3 Å². The standard InChI is InChI=1S/C12H12N2O4/c1-18-9-5-3-2-4-7(9)6-8-10(15)13-12(17)14-11(8)16/h2-5H,6H2,1H3,(H3,13,14,15,16,17)/p-1. The lowest BCUT2D eigenvalue weighted by Crippen LogP contribution is -2.27. The molecule has 1 aromatic carbocycles. The fraction of sp³-hybridized carbons (Fsp3) is 0.167. The van der Waals surface area contributed by atoms with Gasteiger partial charge in [0.25, 0.3) is 5.56 Å². The minimum absolute atomic E-state index is 0.0147. The first-order chi connectivity index (χ1) is 8.61. The molecule has 0 radical (unpaired) electrons. The third-order valence-corrected chi connectivity index (χ3v) is 2.56. The first-order valence-electron chi connectivity index (χ1n) is 5.26. The number of hydrogen-bond acceptors (Lipinski definition) is 4. The van der Waals surface area contributed by atoms with Crippen molar-refractivity contribution < 1.29 is 9.84 Å². The van der Waals surface area contributed by atoms with Crippen LogP contribution in [0.3, 0.4) is 0 Å². The van der Waals surface area contributed by atoms with Gasteiger partial charge in [-0.1, -0.05) is 18.2 Å². The third-order valence-electron chi connectivity index (χ3n) is 2.56. The van der Waals surface area contributed by atoms with E-state index in [0.717, 1.165) is 0 Å². The number of rotatable bonds is 3. The molecule has 0 fully saturated rings. The van der Waals surface area contributed by atoms with Gasteiger partial charge in [0, 0.05) is 12.0 Å². The quantitative estimate of drug-likeness (QED) is 0.780. The molecule has 18 heavy (non-hydrogen) atoms. The number of ether oxygens (including phenoxy) is 1. The van der Waals surface area contributed by atoms with Gasteiger partial charge in [-0.25, -0.2) is 4.79 Å². The van der Waals surface area contributed by atoms with Gasteiger partial charge >= 0.3 is 5.69 Å². The van der Waals surface area contributed by atoms with E-state index >= 15 is 0 Å². The Kier molecular flexibility index (Phi) is 3.18. The summed E-state index contributed by atoms with van der Waals surface area (Å²) in [6, 6.07) is 7.06. The Hall–Kier alpha value is -2.50. The maximum atomic E-state index is 11.5. The SMILES string of the molecule is COc1ccccc1Cc1c([O-])[nH]c(=O)[nH]c1=O. The summed E-state index contributed by atoms with van der Waals surface area (Å²) in [6.07, 6.45) is 0.106. The van der Waals surface area contributed by atoms with Crippen molar-refractivity contribution in [2.75, 3.05) is 7.11 Å². The molecule has 2 aromatic rings. The van der Waals surface area contributed by atoms with E-state index in [2.05, 4.69) is 0 Å². The molecule has 0 aliphatic rings. The van der Waals surface area contributed by atoms with E-state index < -0.39 is 17.1 Å². The molecule has 0 spiro atoms. The van der Waals surface area contributed by atoms with Crippen molar-refractivity contribution in [1.29, 1.82) is 0 Å². The lowest BCUT2D eigenvalue weighted by atomic mass is 10.1. The number of nitrogens with one attached hydrogen (secondary N) is 2. The number of aromatic nitrogens is 2. The van der Waals surface area contributed by atoms with Crippen LogP contribution in [0.1, 0.15) is 11.1 Å². The maximum Gasteiger partial charge on any atom is 0.325 e. The molecule has 0 saturated heterocycles. The molecule has 6 heteroatoms. The summed E-state index contributed by atoms with van der Waals surface area (Å²) in [5.74, 6) is -0.0860. The molecule has 0 saturated carbocycles. The Labute approximate surface area is 102 Å². The molecule has 0 amide bonds. The van der Waals surface area contributed by atoms with Gasteiger partial charge < -0.3 is 14.8 Å². The molecule has 94 valence electrons. The van der Waals surface area contributed by atoms with Crippen LogP contribution in [0.2, 0.25) is 0 Å². The topological polar surface area (TPSA) is 98.0 Å². The number of hydrogen-bond donors (Lipinski definition) is 2. The maximum absolute atomic E-state index is 11.5. The van der Waals surface area contributed by atoms with Crippen LogP contribution in [0.4, 0.5) is 0 Å². The average Bonchev–Trinajstić information content (AvgIpc) is 2.34. The van der Waals surface area contributed by atoms with Crippen LogP contribution in [-0.2, 0) is 6.42 Å². The van der Waals surface area contributed by atoms with Gasteiger partial charge in [-0.3, -0.25) is 9.78 Å². The lowest BCUT2D eigenvalue weighted by Gasteiger charge is -2.12. The van der Waals surface area contributed by atoms with E-state index in [-0.39, 0.29) is 12.0 Å². The van der Waals surface area contributed by atoms with Crippen molar-refractivity contribution in [3.63, 3.8) is 0 Å². The van der Waals surface area contributed by atoms with Gasteiger partial charge in [0.05, 0.1) is 7.11 Å². The molecular formula is C12H11N2O4-. The van der Waals surface area contributed by atoms with Crippen LogP contribution in [0, 0.1) is 0 Å². The molecule has 0 atom stereocenters. The van der Waals surface area contributed by atoms with Crippen LogP contribution < -0.4 is 21.1 Å². The number of aromatic amines is 2. The second kappa shape index (κ2) is 4.79. The van der Waals surface area contributed by atoms with E-state index in [1.54, 1.807) is 24.3 Å². The Bertz CT molecular complexity index is 672. The minimum Gasteiger partial charge on any atom is -0.860 e. The smallest absolute Gasteiger partial charge is 0.325 e. The van der Waals surface area contributed by atoms with Gasteiger partial charge in [-0.05, 0) is 17.5 Å². The van der Waals surface area contributed by atoms with Crippen LogP contribution in [0.5, 0.6) is 11.6 Å². The Morgan fingerprint density at radius 1 is 1.22 bits per heavy atom. The molecule has 6 nitrogen and oxygen atoms in total. The number of benzene rings is 1. The molecule has 2 N–H and O–H groups in total. The third kappa shape index (κ3) is 2.27. The molecule has 2 rings (SSSR count). The summed E-state index contributed by atoms with van der Waals surface area (Å²) in [4.78, 5) is 26.5. The van der Waals surface area contributed by atoms with Crippen molar-refractivity contribution in [2.24, 2.45) is 0 Å². The normalized spacial score (nSPS) is 10.3. The molecule has 0 aliphatic heterocycles. The van der Waals surface area contributed by atoms with Crippen LogP contribution in [0.15, 0.2) is 33.9 Å². The Balaban J connectivity index is 2.47. The predicted molar refractivity (Wildman–Crippen MR) is 62.9 cm³/mol. The first kappa shape index (κ1) is 12.0. The van der Waals surface area contributed by atoms with Gasteiger partial charge in [-0.2, -0.15) is 0 Å². The van der Waals surface area contributed by atoms with Gasteiger partial charge in [-0.15, -0.1) is 0 Å². The van der Waals surface area contributed by atoms with Crippen molar-refractivity contribution in [2.45, 2.75) is 6.42 Å². The summed E-state index contributed by atoms with van der Waals surface area (Å²) < 4.78 is 5.13. The molecular weight excluding hydrogens is 236 g/mol. The van der Waals surface area contributed by atoms with Gasteiger partial charge in [0.15, 0.2) is 0 Å².